The Hall–Kier alpha value is -2.90. The van der Waals surface area contributed by atoms with Crippen LogP contribution in [0.5, 0.6) is 0 Å². The molecule has 2 aromatic rings. The lowest BCUT2D eigenvalue weighted by Crippen LogP contribution is -2.41. The summed E-state index contributed by atoms with van der Waals surface area (Å²) < 4.78 is 45.6. The number of hydrogen-bond donors (Lipinski definition) is 0. The number of esters is 1. The first-order valence-corrected chi connectivity index (χ1v) is 14.8. The van der Waals surface area contributed by atoms with Gasteiger partial charge in [-0.1, -0.05) is 13.0 Å². The maximum Gasteiger partial charge on any atom is 0.417 e. The second-order valence-corrected chi connectivity index (χ2v) is 13.6. The SMILES string of the molecule is CN(CCC(=O)OC(C)(C)C)C(=O)c1ccc2c(c1)CC[C@@H]1C2CCC2(C)C1CC[C@@H]2c1cncc(C(F)(F)F)c1. The van der Waals surface area contributed by atoms with Crippen LogP contribution in [-0.4, -0.2) is 41.0 Å². The van der Waals surface area contributed by atoms with Crippen molar-refractivity contribution in [1.82, 2.24) is 9.88 Å². The third-order valence-corrected chi connectivity index (χ3v) is 9.88. The Bertz CT molecular complexity index is 1320. The van der Waals surface area contributed by atoms with Gasteiger partial charge in [0.15, 0.2) is 0 Å². The molecule has 3 unspecified atom stereocenters. The molecular formula is C33H41F3N2O3. The van der Waals surface area contributed by atoms with Crippen LogP contribution in [0, 0.1) is 17.3 Å². The Kier molecular flexibility index (Phi) is 7.75. The first kappa shape index (κ1) is 29.6. The van der Waals surface area contributed by atoms with Crippen LogP contribution in [0.2, 0.25) is 0 Å². The molecule has 222 valence electrons. The number of hydrogen-bond acceptors (Lipinski definition) is 4. The first-order valence-electron chi connectivity index (χ1n) is 14.8. The number of pyridine rings is 1. The Morgan fingerprint density at radius 1 is 1.07 bits per heavy atom. The molecule has 1 aromatic carbocycles. The molecular weight excluding hydrogens is 529 g/mol. The molecule has 0 bridgehead atoms. The van der Waals surface area contributed by atoms with Crippen LogP contribution < -0.4 is 0 Å². The Balaban J connectivity index is 1.28. The number of ether oxygens (including phenoxy) is 1. The van der Waals surface area contributed by atoms with Gasteiger partial charge in [-0.2, -0.15) is 13.2 Å². The highest BCUT2D eigenvalue weighted by molar-refractivity contribution is 5.94. The lowest BCUT2D eigenvalue weighted by atomic mass is 9.53. The van der Waals surface area contributed by atoms with Gasteiger partial charge < -0.3 is 9.64 Å². The summed E-state index contributed by atoms with van der Waals surface area (Å²) in [7, 11) is 1.71. The molecule has 8 heteroatoms. The van der Waals surface area contributed by atoms with Crippen molar-refractivity contribution < 1.29 is 27.5 Å². The number of carbonyl (C=O) groups excluding carboxylic acids is 2. The molecule has 5 nitrogen and oxygen atoms in total. The number of carbonyl (C=O) groups is 2. The maximum absolute atomic E-state index is 13.4. The van der Waals surface area contributed by atoms with E-state index < -0.39 is 17.3 Å². The monoisotopic (exact) mass is 570 g/mol. The van der Waals surface area contributed by atoms with Crippen molar-refractivity contribution in [3.63, 3.8) is 0 Å². The van der Waals surface area contributed by atoms with Crippen LogP contribution in [0.1, 0.15) is 111 Å². The van der Waals surface area contributed by atoms with Crippen LogP contribution in [0.3, 0.4) is 0 Å². The number of nitrogens with zero attached hydrogens (tertiary/aromatic N) is 2. The van der Waals surface area contributed by atoms with Crippen molar-refractivity contribution in [1.29, 1.82) is 0 Å². The summed E-state index contributed by atoms with van der Waals surface area (Å²) in [6.45, 7) is 8.05. The fourth-order valence-corrected chi connectivity index (χ4v) is 8.04. The van der Waals surface area contributed by atoms with E-state index in [1.54, 1.807) is 18.1 Å². The molecule has 1 amide bonds. The molecule has 0 aliphatic heterocycles. The van der Waals surface area contributed by atoms with Crippen LogP contribution >= 0.6 is 0 Å². The van der Waals surface area contributed by atoms with E-state index in [1.165, 1.54) is 17.2 Å². The molecule has 3 aliphatic carbocycles. The summed E-state index contributed by atoms with van der Waals surface area (Å²) in [4.78, 5) is 30.8. The number of alkyl halides is 3. The molecule has 2 fully saturated rings. The summed E-state index contributed by atoms with van der Waals surface area (Å²) in [5.74, 6) is 1.00. The molecule has 0 spiro atoms. The summed E-state index contributed by atoms with van der Waals surface area (Å²) in [5, 5.41) is 0. The molecule has 5 atom stereocenters. The second-order valence-electron chi connectivity index (χ2n) is 13.6. The second kappa shape index (κ2) is 10.7. The number of amides is 1. The Morgan fingerprint density at radius 2 is 1.83 bits per heavy atom. The van der Waals surface area contributed by atoms with Crippen LogP contribution in [0.4, 0.5) is 13.2 Å². The highest BCUT2D eigenvalue weighted by Gasteiger charge is 2.55. The minimum atomic E-state index is -4.39. The zero-order valence-electron chi connectivity index (χ0n) is 24.7. The number of halogens is 3. The van der Waals surface area contributed by atoms with Gasteiger partial charge in [0.25, 0.3) is 5.91 Å². The molecule has 0 radical (unpaired) electrons. The highest BCUT2D eigenvalue weighted by atomic mass is 19.4. The third-order valence-electron chi connectivity index (χ3n) is 9.88. The van der Waals surface area contributed by atoms with E-state index in [4.69, 9.17) is 4.74 Å². The first-order chi connectivity index (χ1) is 19.2. The standard InChI is InChI=1S/C33H41F3N2O3/c1-31(2,3)41-29(39)13-15-38(5)30(40)21-7-8-24-20(16-21)6-9-26-25(24)12-14-32(4)27(10-11-28(26)32)22-17-23(19-37-18-22)33(34,35)36/h7-8,16-19,25-28H,6,9-15H2,1-5H3/t25?,26-,27-,28?,32?/m1/s1. The van der Waals surface area contributed by atoms with Crippen molar-refractivity contribution in [2.45, 2.75) is 96.3 Å². The zero-order valence-corrected chi connectivity index (χ0v) is 24.7. The largest absolute Gasteiger partial charge is 0.460 e. The lowest BCUT2D eigenvalue weighted by Gasteiger charge is -2.51. The van der Waals surface area contributed by atoms with Gasteiger partial charge in [0, 0.05) is 31.5 Å². The molecule has 0 saturated heterocycles. The van der Waals surface area contributed by atoms with Gasteiger partial charge in [-0.25, -0.2) is 0 Å². The predicted octanol–water partition coefficient (Wildman–Crippen LogP) is 7.54. The summed E-state index contributed by atoms with van der Waals surface area (Å²) in [6, 6.07) is 7.37. The molecule has 2 saturated carbocycles. The smallest absolute Gasteiger partial charge is 0.417 e. The van der Waals surface area contributed by atoms with Crippen molar-refractivity contribution in [3.05, 3.63) is 64.5 Å². The van der Waals surface area contributed by atoms with Gasteiger partial charge in [-0.05, 0) is 123 Å². The number of aryl methyl sites for hydroxylation is 1. The normalized spacial score (nSPS) is 27.4. The zero-order chi connectivity index (χ0) is 29.7. The van der Waals surface area contributed by atoms with E-state index >= 15 is 0 Å². The van der Waals surface area contributed by atoms with E-state index in [0.29, 0.717) is 29.9 Å². The quantitative estimate of drug-likeness (QED) is 0.349. The van der Waals surface area contributed by atoms with Crippen LogP contribution in [0.15, 0.2) is 36.7 Å². The maximum atomic E-state index is 13.4. The van der Waals surface area contributed by atoms with Crippen molar-refractivity contribution >= 4 is 11.9 Å². The third kappa shape index (κ3) is 5.89. The summed E-state index contributed by atoms with van der Waals surface area (Å²) >= 11 is 0. The summed E-state index contributed by atoms with van der Waals surface area (Å²) in [6.07, 6.45) is 4.11. The van der Waals surface area contributed by atoms with Gasteiger partial charge in [-0.15, -0.1) is 0 Å². The minimum Gasteiger partial charge on any atom is -0.460 e. The van der Waals surface area contributed by atoms with E-state index in [9.17, 15) is 22.8 Å². The predicted molar refractivity (Wildman–Crippen MR) is 150 cm³/mol. The van der Waals surface area contributed by atoms with Gasteiger partial charge >= 0.3 is 12.1 Å². The van der Waals surface area contributed by atoms with Gasteiger partial charge in [0.1, 0.15) is 5.60 Å². The van der Waals surface area contributed by atoms with E-state index in [0.717, 1.165) is 50.3 Å². The molecule has 41 heavy (non-hydrogen) atoms. The van der Waals surface area contributed by atoms with Crippen molar-refractivity contribution in [2.24, 2.45) is 17.3 Å². The number of aromatic nitrogens is 1. The lowest BCUT2D eigenvalue weighted by molar-refractivity contribution is -0.155. The van der Waals surface area contributed by atoms with Gasteiger partial charge in [0.2, 0.25) is 0 Å². The van der Waals surface area contributed by atoms with E-state index in [-0.39, 0.29) is 29.6 Å². The topological polar surface area (TPSA) is 59.5 Å². The van der Waals surface area contributed by atoms with Crippen molar-refractivity contribution in [2.75, 3.05) is 13.6 Å². The fourth-order valence-electron chi connectivity index (χ4n) is 8.04. The minimum absolute atomic E-state index is 0.0443. The van der Waals surface area contributed by atoms with Crippen molar-refractivity contribution in [3.8, 4) is 0 Å². The molecule has 1 heterocycles. The van der Waals surface area contributed by atoms with E-state index in [2.05, 4.69) is 18.0 Å². The number of benzene rings is 1. The van der Waals surface area contributed by atoms with Gasteiger partial charge in [-0.3, -0.25) is 14.6 Å². The number of rotatable bonds is 5. The molecule has 1 aromatic heterocycles. The molecule has 0 N–H and O–H groups in total. The highest BCUT2D eigenvalue weighted by Crippen LogP contribution is 2.65. The van der Waals surface area contributed by atoms with E-state index in [1.807, 2.05) is 32.9 Å². The van der Waals surface area contributed by atoms with Gasteiger partial charge in [0.05, 0.1) is 12.0 Å². The molecule has 5 rings (SSSR count). The average Bonchev–Trinajstić information content (AvgIpc) is 3.26. The molecule has 3 aliphatic rings. The number of fused-ring (bicyclic) bond motifs is 5. The van der Waals surface area contributed by atoms with Crippen LogP contribution in [-0.2, 0) is 22.1 Å². The Labute approximate surface area is 240 Å². The fraction of sp³-hybridized carbons (Fsp3) is 0.606. The Morgan fingerprint density at radius 3 is 2.54 bits per heavy atom. The average molecular weight is 571 g/mol. The van der Waals surface area contributed by atoms with Crippen LogP contribution in [0.25, 0.3) is 0 Å². The summed E-state index contributed by atoms with van der Waals surface area (Å²) in [5.41, 5.74) is 2.63.